The van der Waals surface area contributed by atoms with E-state index in [4.69, 9.17) is 28.3 Å². The molecule has 0 saturated heterocycles. The molecule has 0 unspecified atom stereocenters. The van der Waals surface area contributed by atoms with Gasteiger partial charge in [0.2, 0.25) is 0 Å². The van der Waals surface area contributed by atoms with Crippen molar-refractivity contribution >= 4 is 57.0 Å². The van der Waals surface area contributed by atoms with E-state index in [2.05, 4.69) is 10.5 Å². The molecule has 0 aromatic heterocycles. The fraction of sp³-hybridized carbons (Fsp3) is 0.0455. The molecule has 33 heavy (non-hydrogen) atoms. The number of aromatic carboxylic acids is 1. The van der Waals surface area contributed by atoms with Gasteiger partial charge in [0.25, 0.3) is 15.9 Å². The number of sulfonamides is 1. The van der Waals surface area contributed by atoms with Gasteiger partial charge in [0.05, 0.1) is 27.4 Å². The predicted molar refractivity (Wildman–Crippen MR) is 127 cm³/mol. The Morgan fingerprint density at radius 3 is 2.27 bits per heavy atom. The minimum absolute atomic E-state index is 0.0224. The van der Waals surface area contributed by atoms with Gasteiger partial charge >= 0.3 is 5.97 Å². The van der Waals surface area contributed by atoms with Gasteiger partial charge in [-0.25, -0.2) is 18.6 Å². The summed E-state index contributed by atoms with van der Waals surface area (Å²) in [5, 5.41) is 13.1. The van der Waals surface area contributed by atoms with Crippen LogP contribution in [-0.2, 0) is 14.8 Å². The summed E-state index contributed by atoms with van der Waals surface area (Å²) in [5.74, 6) is -1.79. The van der Waals surface area contributed by atoms with Crippen molar-refractivity contribution in [3.05, 3.63) is 94.0 Å². The molecule has 1 amide bonds. The SMILES string of the molecule is O=C(CN(c1ccc(Cl)cc1Cl)S(=O)(=O)c1ccccc1)N/N=C\c1ccc(C(=O)O)cc1. The Kier molecular flexibility index (Phi) is 7.70. The first kappa shape index (κ1) is 24.2. The van der Waals surface area contributed by atoms with E-state index in [1.165, 1.54) is 60.8 Å². The maximum Gasteiger partial charge on any atom is 0.335 e. The quantitative estimate of drug-likeness (QED) is 0.354. The Hall–Kier alpha value is -3.40. The summed E-state index contributed by atoms with van der Waals surface area (Å²) in [7, 11) is -4.14. The molecule has 0 saturated carbocycles. The largest absolute Gasteiger partial charge is 0.478 e. The van der Waals surface area contributed by atoms with Crippen molar-refractivity contribution in [1.82, 2.24) is 5.43 Å². The summed E-state index contributed by atoms with van der Waals surface area (Å²) in [4.78, 5) is 23.4. The van der Waals surface area contributed by atoms with Crippen molar-refractivity contribution in [2.75, 3.05) is 10.8 Å². The lowest BCUT2D eigenvalue weighted by atomic mass is 10.1. The maximum atomic E-state index is 13.3. The number of benzene rings is 3. The third kappa shape index (κ3) is 6.10. The van der Waals surface area contributed by atoms with Crippen molar-refractivity contribution in [1.29, 1.82) is 0 Å². The summed E-state index contributed by atoms with van der Waals surface area (Å²) in [6, 6.07) is 17.7. The lowest BCUT2D eigenvalue weighted by Gasteiger charge is -2.24. The van der Waals surface area contributed by atoms with Crippen LogP contribution in [0.15, 0.2) is 82.8 Å². The van der Waals surface area contributed by atoms with Crippen LogP contribution in [0.4, 0.5) is 5.69 Å². The van der Waals surface area contributed by atoms with E-state index < -0.39 is 28.4 Å². The number of rotatable bonds is 8. The van der Waals surface area contributed by atoms with Gasteiger partial charge in [-0.05, 0) is 48.0 Å². The van der Waals surface area contributed by atoms with Crippen molar-refractivity contribution in [3.8, 4) is 0 Å². The topological polar surface area (TPSA) is 116 Å². The number of amides is 1. The zero-order valence-corrected chi connectivity index (χ0v) is 19.2. The third-order valence-electron chi connectivity index (χ3n) is 4.36. The average molecular weight is 506 g/mol. The van der Waals surface area contributed by atoms with Gasteiger partial charge in [-0.3, -0.25) is 9.10 Å². The molecule has 0 aliphatic carbocycles. The number of hydrazone groups is 1. The molecule has 0 bridgehead atoms. The Morgan fingerprint density at radius 2 is 1.67 bits per heavy atom. The molecule has 11 heteroatoms. The molecule has 0 atom stereocenters. The molecule has 0 fully saturated rings. The van der Waals surface area contributed by atoms with E-state index in [0.717, 1.165) is 4.31 Å². The molecule has 0 radical (unpaired) electrons. The summed E-state index contributed by atoms with van der Waals surface area (Å²) in [6.07, 6.45) is 1.30. The second kappa shape index (κ2) is 10.5. The molecular weight excluding hydrogens is 489 g/mol. The van der Waals surface area contributed by atoms with Crippen LogP contribution in [0.5, 0.6) is 0 Å². The van der Waals surface area contributed by atoms with Crippen LogP contribution in [0.3, 0.4) is 0 Å². The Labute approximate surface area is 200 Å². The van der Waals surface area contributed by atoms with Gasteiger partial charge in [-0.1, -0.05) is 53.5 Å². The van der Waals surface area contributed by atoms with Crippen molar-refractivity contribution in [3.63, 3.8) is 0 Å². The van der Waals surface area contributed by atoms with Gasteiger partial charge in [0.1, 0.15) is 6.54 Å². The number of carboxylic acid groups (broad SMARTS) is 1. The highest BCUT2D eigenvalue weighted by molar-refractivity contribution is 7.92. The summed E-state index contributed by atoms with van der Waals surface area (Å²) in [6.45, 7) is -0.603. The monoisotopic (exact) mass is 505 g/mol. The van der Waals surface area contributed by atoms with E-state index >= 15 is 0 Å². The van der Waals surface area contributed by atoms with Gasteiger partial charge in [0, 0.05) is 5.02 Å². The lowest BCUT2D eigenvalue weighted by molar-refractivity contribution is -0.119. The molecule has 3 aromatic carbocycles. The Bertz CT molecular complexity index is 1300. The highest BCUT2D eigenvalue weighted by Crippen LogP contribution is 2.32. The number of anilines is 1. The smallest absolute Gasteiger partial charge is 0.335 e. The first-order valence-electron chi connectivity index (χ1n) is 9.36. The van der Waals surface area contributed by atoms with Gasteiger partial charge in [-0.2, -0.15) is 5.10 Å². The van der Waals surface area contributed by atoms with E-state index in [-0.39, 0.29) is 21.2 Å². The first-order valence-corrected chi connectivity index (χ1v) is 11.6. The number of carboxylic acids is 1. The first-order chi connectivity index (χ1) is 15.7. The number of hydrogen-bond donors (Lipinski definition) is 2. The van der Waals surface area contributed by atoms with Gasteiger partial charge in [0.15, 0.2) is 0 Å². The number of nitrogens with one attached hydrogen (secondary N) is 1. The highest BCUT2D eigenvalue weighted by atomic mass is 35.5. The molecule has 2 N–H and O–H groups in total. The van der Waals surface area contributed by atoms with Crippen LogP contribution in [0.2, 0.25) is 10.0 Å². The number of hydrogen-bond acceptors (Lipinski definition) is 5. The summed E-state index contributed by atoms with van der Waals surface area (Å²) < 4.78 is 27.4. The molecular formula is C22H17Cl2N3O5S. The number of nitrogens with zero attached hydrogens (tertiary/aromatic N) is 2. The zero-order valence-electron chi connectivity index (χ0n) is 16.9. The minimum atomic E-state index is -4.14. The van der Waals surface area contributed by atoms with Crippen molar-refractivity contribution in [2.24, 2.45) is 5.10 Å². The molecule has 170 valence electrons. The third-order valence-corrected chi connectivity index (χ3v) is 6.67. The maximum absolute atomic E-state index is 13.3. The minimum Gasteiger partial charge on any atom is -0.478 e. The second-order valence-electron chi connectivity index (χ2n) is 6.64. The Balaban J connectivity index is 1.82. The van der Waals surface area contributed by atoms with Crippen molar-refractivity contribution in [2.45, 2.75) is 4.90 Å². The number of carbonyl (C=O) groups is 2. The normalized spacial score (nSPS) is 11.3. The number of halogens is 2. The standard InChI is InChI=1S/C22H17Cl2N3O5S/c23-17-10-11-20(19(24)12-17)27(33(31,32)18-4-2-1-3-5-18)14-21(28)26-25-13-15-6-8-16(9-7-15)22(29)30/h1-13H,14H2,(H,26,28)(H,29,30)/b25-13-. The molecule has 0 heterocycles. The van der Waals surface area contributed by atoms with E-state index in [9.17, 15) is 18.0 Å². The summed E-state index contributed by atoms with van der Waals surface area (Å²) >= 11 is 12.2. The second-order valence-corrected chi connectivity index (χ2v) is 9.35. The van der Waals surface area contributed by atoms with E-state index in [0.29, 0.717) is 10.6 Å². The number of carbonyl (C=O) groups excluding carboxylic acids is 1. The van der Waals surface area contributed by atoms with E-state index in [1.807, 2.05) is 0 Å². The molecule has 0 aliphatic rings. The van der Waals surface area contributed by atoms with Crippen molar-refractivity contribution < 1.29 is 23.1 Å². The highest BCUT2D eigenvalue weighted by Gasteiger charge is 2.28. The van der Waals surface area contributed by atoms with Crippen LogP contribution >= 0.6 is 23.2 Å². The van der Waals surface area contributed by atoms with Crippen LogP contribution in [0.25, 0.3) is 0 Å². The Morgan fingerprint density at radius 1 is 1.00 bits per heavy atom. The van der Waals surface area contributed by atoms with Crippen LogP contribution in [-0.4, -0.2) is 38.2 Å². The fourth-order valence-electron chi connectivity index (χ4n) is 2.76. The average Bonchev–Trinajstić information content (AvgIpc) is 2.79. The van der Waals surface area contributed by atoms with Crippen LogP contribution in [0, 0.1) is 0 Å². The van der Waals surface area contributed by atoms with Crippen LogP contribution < -0.4 is 9.73 Å². The molecule has 0 spiro atoms. The van der Waals surface area contributed by atoms with Crippen LogP contribution in [0.1, 0.15) is 15.9 Å². The predicted octanol–water partition coefficient (Wildman–Crippen LogP) is 4.04. The lowest BCUT2D eigenvalue weighted by Crippen LogP contribution is -2.39. The molecule has 0 aliphatic heterocycles. The van der Waals surface area contributed by atoms with Gasteiger partial charge in [-0.15, -0.1) is 0 Å². The molecule has 3 rings (SSSR count). The fourth-order valence-corrected chi connectivity index (χ4v) is 4.78. The summed E-state index contributed by atoms with van der Waals surface area (Å²) in [5.41, 5.74) is 2.99. The zero-order chi connectivity index (χ0) is 24.0. The van der Waals surface area contributed by atoms with E-state index in [1.54, 1.807) is 18.2 Å². The molecule has 8 nitrogen and oxygen atoms in total. The van der Waals surface area contributed by atoms with Gasteiger partial charge < -0.3 is 5.11 Å². The molecule has 3 aromatic rings.